The largest absolute Gasteiger partial charge is 0.409 e. The Kier molecular flexibility index (Phi) is 6.40. The van der Waals surface area contributed by atoms with Crippen molar-refractivity contribution in [3.05, 3.63) is 23.0 Å². The molecular weight excluding hydrogens is 382 g/mol. The molecule has 1 nitrogen and oxygen atoms in total. The van der Waals surface area contributed by atoms with Crippen molar-refractivity contribution in [1.29, 1.82) is 0 Å². The van der Waals surface area contributed by atoms with Crippen LogP contribution >= 0.6 is 35.0 Å². The van der Waals surface area contributed by atoms with Crippen molar-refractivity contribution < 1.29 is 30.7 Å². The minimum Gasteiger partial charge on any atom is -0.258 e. The van der Waals surface area contributed by atoms with Crippen LogP contribution in [0.3, 0.4) is 0 Å². The van der Waals surface area contributed by atoms with E-state index in [2.05, 4.69) is 4.99 Å². The van der Waals surface area contributed by atoms with Gasteiger partial charge in [0.05, 0.1) is 16.5 Å². The molecule has 1 aromatic carbocycles. The first-order chi connectivity index (χ1) is 9.90. The summed E-state index contributed by atoms with van der Waals surface area (Å²) in [6.07, 6.45) is -8.96. The van der Waals surface area contributed by atoms with E-state index in [1.165, 1.54) is 0 Å². The number of aliphatic imine (C=N–C) groups is 1. The summed E-state index contributed by atoms with van der Waals surface area (Å²) in [4.78, 5) is 2.91. The van der Waals surface area contributed by atoms with Gasteiger partial charge in [-0.25, -0.2) is 4.39 Å². The van der Waals surface area contributed by atoms with Crippen molar-refractivity contribution in [2.75, 3.05) is 5.75 Å². The summed E-state index contributed by atoms with van der Waals surface area (Å²) >= 11 is 10.7. The zero-order chi connectivity index (χ0) is 17.1. The van der Waals surface area contributed by atoms with Crippen LogP contribution in [0.1, 0.15) is 0 Å². The van der Waals surface area contributed by atoms with Crippen molar-refractivity contribution in [1.82, 2.24) is 0 Å². The maximum Gasteiger partial charge on any atom is 0.409 e. The quantitative estimate of drug-likeness (QED) is 0.267. The fourth-order valence-corrected chi connectivity index (χ4v) is 2.08. The first kappa shape index (κ1) is 19.4. The van der Waals surface area contributed by atoms with Gasteiger partial charge in [0.25, 0.3) is 0 Å². The summed E-state index contributed by atoms with van der Waals surface area (Å²) < 4.78 is 86.4. The second-order valence-electron chi connectivity index (χ2n) is 3.86. The van der Waals surface area contributed by atoms with Crippen LogP contribution in [0.25, 0.3) is 0 Å². The molecule has 1 rings (SSSR count). The predicted octanol–water partition coefficient (Wildman–Crippen LogP) is 6.01. The SMILES string of the molecule is Fc1cc(Cl)c(/N=C\C(Cl)C(F)(F)F)cc1SCC(F)(F)F. The highest BCUT2D eigenvalue weighted by atomic mass is 35.5. The number of benzene rings is 1. The first-order valence-corrected chi connectivity index (χ1v) is 7.13. The maximum absolute atomic E-state index is 13.5. The van der Waals surface area contributed by atoms with Crippen molar-refractivity contribution in [3.8, 4) is 0 Å². The Morgan fingerprint density at radius 3 is 2.27 bits per heavy atom. The second kappa shape index (κ2) is 7.27. The molecule has 0 saturated carbocycles. The Morgan fingerprint density at radius 2 is 1.77 bits per heavy atom. The minimum absolute atomic E-state index is 0.129. The molecule has 0 aliphatic rings. The van der Waals surface area contributed by atoms with Crippen LogP contribution in [0.4, 0.5) is 36.4 Å². The minimum atomic E-state index is -4.74. The van der Waals surface area contributed by atoms with E-state index in [0.717, 1.165) is 6.07 Å². The topological polar surface area (TPSA) is 12.4 Å². The molecule has 1 atom stereocenters. The molecule has 1 aromatic rings. The fourth-order valence-electron chi connectivity index (χ4n) is 1.12. The number of alkyl halides is 7. The van der Waals surface area contributed by atoms with Gasteiger partial charge in [0.2, 0.25) is 0 Å². The van der Waals surface area contributed by atoms with Gasteiger partial charge in [-0.05, 0) is 12.1 Å². The summed E-state index contributed by atoms with van der Waals surface area (Å²) in [5.74, 6) is -2.40. The number of nitrogens with zero attached hydrogens (tertiary/aromatic N) is 1. The molecule has 0 aromatic heterocycles. The lowest BCUT2D eigenvalue weighted by atomic mass is 10.3. The molecule has 0 aliphatic carbocycles. The number of rotatable bonds is 4. The van der Waals surface area contributed by atoms with E-state index >= 15 is 0 Å². The van der Waals surface area contributed by atoms with Crippen LogP contribution in [0.2, 0.25) is 5.02 Å². The highest BCUT2D eigenvalue weighted by Gasteiger charge is 2.37. The van der Waals surface area contributed by atoms with E-state index in [-0.39, 0.29) is 22.5 Å². The smallest absolute Gasteiger partial charge is 0.258 e. The van der Waals surface area contributed by atoms with Gasteiger partial charge in [0.15, 0.2) is 5.38 Å². The van der Waals surface area contributed by atoms with E-state index in [0.29, 0.717) is 12.3 Å². The van der Waals surface area contributed by atoms with Gasteiger partial charge >= 0.3 is 12.4 Å². The third kappa shape index (κ3) is 6.21. The standard InChI is InChI=1S/C11H6Cl2F7NS/c12-5-1-6(14)8(22-4-10(15,16)17)2-7(5)21-3-9(13)11(18,19)20/h1-3,9H,4H2/b21-3-. The van der Waals surface area contributed by atoms with Crippen LogP contribution in [-0.4, -0.2) is 29.7 Å². The van der Waals surface area contributed by atoms with E-state index < -0.39 is 34.2 Å². The van der Waals surface area contributed by atoms with Crippen LogP contribution < -0.4 is 0 Å². The number of hydrogen-bond acceptors (Lipinski definition) is 2. The highest BCUT2D eigenvalue weighted by molar-refractivity contribution is 7.99. The van der Waals surface area contributed by atoms with E-state index in [1.54, 1.807) is 0 Å². The highest BCUT2D eigenvalue weighted by Crippen LogP contribution is 2.35. The van der Waals surface area contributed by atoms with Crippen molar-refractivity contribution in [2.24, 2.45) is 4.99 Å². The summed E-state index contributed by atoms with van der Waals surface area (Å²) in [5.41, 5.74) is -0.317. The normalized spacial score (nSPS) is 14.6. The van der Waals surface area contributed by atoms with Gasteiger partial charge in [-0.1, -0.05) is 11.6 Å². The Bertz CT molecular complexity index is 557. The average molecular weight is 388 g/mol. The lowest BCUT2D eigenvalue weighted by Crippen LogP contribution is -2.24. The molecule has 1 unspecified atom stereocenters. The molecule has 0 N–H and O–H groups in total. The third-order valence-electron chi connectivity index (χ3n) is 2.05. The molecule has 0 radical (unpaired) electrons. The summed E-state index contributed by atoms with van der Waals surface area (Å²) in [5, 5.41) is -2.75. The summed E-state index contributed by atoms with van der Waals surface area (Å²) in [7, 11) is 0. The van der Waals surface area contributed by atoms with E-state index in [9.17, 15) is 30.7 Å². The van der Waals surface area contributed by atoms with Crippen LogP contribution in [0.15, 0.2) is 22.0 Å². The molecule has 0 saturated heterocycles. The molecule has 0 spiro atoms. The predicted molar refractivity (Wildman–Crippen MR) is 72.0 cm³/mol. The monoisotopic (exact) mass is 387 g/mol. The van der Waals surface area contributed by atoms with Crippen molar-refractivity contribution in [2.45, 2.75) is 22.6 Å². The fraction of sp³-hybridized carbons (Fsp3) is 0.364. The number of hydrogen-bond donors (Lipinski definition) is 0. The maximum atomic E-state index is 13.5. The molecule has 0 amide bonds. The van der Waals surface area contributed by atoms with Gasteiger partial charge in [-0.15, -0.1) is 23.4 Å². The Balaban J connectivity index is 2.99. The van der Waals surface area contributed by atoms with Crippen LogP contribution in [0.5, 0.6) is 0 Å². The third-order valence-corrected chi connectivity index (χ3v) is 3.81. The van der Waals surface area contributed by atoms with Crippen LogP contribution in [0, 0.1) is 5.82 Å². The molecule has 0 heterocycles. The van der Waals surface area contributed by atoms with Crippen LogP contribution in [-0.2, 0) is 0 Å². The van der Waals surface area contributed by atoms with E-state index in [1.807, 2.05) is 0 Å². The van der Waals surface area contributed by atoms with Gasteiger partial charge in [-0.3, -0.25) is 4.99 Å². The lowest BCUT2D eigenvalue weighted by molar-refractivity contribution is -0.117. The van der Waals surface area contributed by atoms with Gasteiger partial charge in [0.1, 0.15) is 5.82 Å². The first-order valence-electron chi connectivity index (χ1n) is 5.33. The molecule has 0 bridgehead atoms. The number of halogens is 9. The average Bonchev–Trinajstić information content (AvgIpc) is 2.33. The zero-order valence-electron chi connectivity index (χ0n) is 10.3. The Labute approximate surface area is 134 Å². The summed E-state index contributed by atoms with van der Waals surface area (Å²) in [6.45, 7) is 0. The molecule has 124 valence electrons. The molecule has 11 heteroatoms. The van der Waals surface area contributed by atoms with E-state index in [4.69, 9.17) is 23.2 Å². The Hall–Kier alpha value is -0.670. The second-order valence-corrected chi connectivity index (χ2v) is 5.75. The molecule has 0 fully saturated rings. The van der Waals surface area contributed by atoms with Gasteiger partial charge in [-0.2, -0.15) is 26.3 Å². The molecule has 0 aliphatic heterocycles. The van der Waals surface area contributed by atoms with Gasteiger partial charge in [0, 0.05) is 11.1 Å². The summed E-state index contributed by atoms with van der Waals surface area (Å²) in [6, 6.07) is 1.49. The van der Waals surface area contributed by atoms with Gasteiger partial charge < -0.3 is 0 Å². The molecule has 22 heavy (non-hydrogen) atoms. The van der Waals surface area contributed by atoms with Crippen molar-refractivity contribution >= 4 is 46.9 Å². The Morgan fingerprint density at radius 1 is 1.18 bits per heavy atom. The zero-order valence-corrected chi connectivity index (χ0v) is 12.6. The molecular formula is C11H6Cl2F7NS. The lowest BCUT2D eigenvalue weighted by Gasteiger charge is -2.10. The van der Waals surface area contributed by atoms with Crippen molar-refractivity contribution in [3.63, 3.8) is 0 Å². The number of thioether (sulfide) groups is 1.